The Morgan fingerprint density at radius 1 is 1.19 bits per heavy atom. The minimum atomic E-state index is -4.46. The summed E-state index contributed by atoms with van der Waals surface area (Å²) in [7, 11) is -4.11. The van der Waals surface area contributed by atoms with Crippen molar-refractivity contribution in [1.29, 1.82) is 0 Å². The number of anilines is 1. The molecule has 31 heavy (non-hydrogen) atoms. The molecule has 1 atom stereocenters. The molecule has 168 valence electrons. The van der Waals surface area contributed by atoms with Crippen molar-refractivity contribution < 1.29 is 26.4 Å². The molecule has 1 aromatic carbocycles. The second kappa shape index (κ2) is 9.19. The van der Waals surface area contributed by atoms with Gasteiger partial charge in [0, 0.05) is 25.3 Å². The first-order valence-corrected chi connectivity index (χ1v) is 11.2. The summed E-state index contributed by atoms with van der Waals surface area (Å²) in [6.45, 7) is 0.274. The van der Waals surface area contributed by atoms with Gasteiger partial charge in [-0.3, -0.25) is 4.79 Å². The first-order valence-electron chi connectivity index (χ1n) is 8.98. The second-order valence-corrected chi connectivity index (χ2v) is 9.30. The minimum Gasteiger partial charge on any atom is -0.354 e. The third-order valence-corrected chi connectivity index (χ3v) is 6.92. The van der Waals surface area contributed by atoms with Crippen molar-refractivity contribution in [2.45, 2.75) is 23.5 Å². The van der Waals surface area contributed by atoms with E-state index in [1.165, 1.54) is 24.3 Å². The normalized spacial score (nSPS) is 17.1. The maximum Gasteiger partial charge on any atom is 0.417 e. The van der Waals surface area contributed by atoms with E-state index in [1.54, 1.807) is 4.90 Å². The Kier molecular flexibility index (Phi) is 6.99. The van der Waals surface area contributed by atoms with Crippen LogP contribution in [0.3, 0.4) is 0 Å². The summed E-state index contributed by atoms with van der Waals surface area (Å²) < 4.78 is 64.9. The van der Waals surface area contributed by atoms with Crippen molar-refractivity contribution in [3.05, 3.63) is 52.1 Å². The Bertz CT molecular complexity index is 1050. The largest absolute Gasteiger partial charge is 0.417 e. The summed E-state index contributed by atoms with van der Waals surface area (Å²) in [5.74, 6) is -0.210. The molecule has 1 aliphatic rings. The van der Waals surface area contributed by atoms with Gasteiger partial charge >= 0.3 is 6.18 Å². The van der Waals surface area contributed by atoms with Gasteiger partial charge in [0.2, 0.25) is 15.9 Å². The summed E-state index contributed by atoms with van der Waals surface area (Å²) in [5.41, 5.74) is -0.841. The molecule has 2 N–H and O–H groups in total. The van der Waals surface area contributed by atoms with Crippen LogP contribution in [0.5, 0.6) is 0 Å². The van der Waals surface area contributed by atoms with E-state index >= 15 is 0 Å². The SMILES string of the molecule is O=C(CNS(=O)(=O)c1c(Cl)cccc1Cl)NC1CCN(c2ccc(C(F)(F)F)cn2)C1. The molecular formula is C18H17Cl2F3N4O3S. The molecule has 0 aliphatic carbocycles. The van der Waals surface area contributed by atoms with Crippen LogP contribution in [0.4, 0.5) is 19.0 Å². The monoisotopic (exact) mass is 496 g/mol. The van der Waals surface area contributed by atoms with Crippen molar-refractivity contribution in [2.24, 2.45) is 0 Å². The number of sulfonamides is 1. The number of carbonyl (C=O) groups excluding carboxylic acids is 1. The molecule has 0 spiro atoms. The molecule has 1 fully saturated rings. The van der Waals surface area contributed by atoms with Crippen LogP contribution in [0.25, 0.3) is 0 Å². The number of aromatic nitrogens is 1. The zero-order chi connectivity index (χ0) is 22.8. The topological polar surface area (TPSA) is 91.4 Å². The Morgan fingerprint density at radius 2 is 1.87 bits per heavy atom. The highest BCUT2D eigenvalue weighted by Gasteiger charge is 2.32. The lowest BCUT2D eigenvalue weighted by Crippen LogP contribution is -2.43. The first-order chi connectivity index (χ1) is 14.5. The highest BCUT2D eigenvalue weighted by molar-refractivity contribution is 7.89. The lowest BCUT2D eigenvalue weighted by atomic mass is 10.2. The zero-order valence-corrected chi connectivity index (χ0v) is 18.1. The number of hydrogen-bond acceptors (Lipinski definition) is 5. The molecule has 1 aliphatic heterocycles. The van der Waals surface area contributed by atoms with E-state index in [9.17, 15) is 26.4 Å². The van der Waals surface area contributed by atoms with Gasteiger partial charge in [-0.25, -0.2) is 18.1 Å². The second-order valence-electron chi connectivity index (χ2n) is 6.78. The van der Waals surface area contributed by atoms with Crippen molar-refractivity contribution in [3.63, 3.8) is 0 Å². The number of pyridine rings is 1. The Morgan fingerprint density at radius 3 is 2.45 bits per heavy atom. The van der Waals surface area contributed by atoms with Crippen LogP contribution >= 0.6 is 23.2 Å². The molecule has 1 aromatic heterocycles. The summed E-state index contributed by atoms with van der Waals surface area (Å²) in [4.78, 5) is 17.4. The van der Waals surface area contributed by atoms with Crippen LogP contribution in [0, 0.1) is 0 Å². The number of nitrogens with one attached hydrogen (secondary N) is 2. The molecule has 13 heteroatoms. The van der Waals surface area contributed by atoms with Crippen LogP contribution in [-0.4, -0.2) is 45.0 Å². The van der Waals surface area contributed by atoms with Gasteiger partial charge in [-0.05, 0) is 30.7 Å². The van der Waals surface area contributed by atoms with Gasteiger partial charge in [-0.2, -0.15) is 13.2 Å². The molecule has 2 heterocycles. The van der Waals surface area contributed by atoms with Crippen LogP contribution in [0.1, 0.15) is 12.0 Å². The highest BCUT2D eigenvalue weighted by atomic mass is 35.5. The van der Waals surface area contributed by atoms with Gasteiger partial charge in [0.15, 0.2) is 0 Å². The number of carbonyl (C=O) groups is 1. The van der Waals surface area contributed by atoms with Crippen LogP contribution in [0.2, 0.25) is 10.0 Å². The van der Waals surface area contributed by atoms with Gasteiger partial charge in [0.25, 0.3) is 0 Å². The number of halogens is 5. The number of nitrogens with zero attached hydrogens (tertiary/aromatic N) is 2. The van der Waals surface area contributed by atoms with E-state index < -0.39 is 34.2 Å². The van der Waals surface area contributed by atoms with E-state index in [2.05, 4.69) is 15.0 Å². The molecule has 0 radical (unpaired) electrons. The quantitative estimate of drug-likeness (QED) is 0.641. The third-order valence-electron chi connectivity index (χ3n) is 4.56. The summed E-state index contributed by atoms with van der Waals surface area (Å²) >= 11 is 11.8. The Balaban J connectivity index is 1.54. The minimum absolute atomic E-state index is 0.0733. The summed E-state index contributed by atoms with van der Waals surface area (Å²) in [6.07, 6.45) is -3.18. The van der Waals surface area contributed by atoms with E-state index in [0.29, 0.717) is 25.3 Å². The number of hydrogen-bond donors (Lipinski definition) is 2. The maximum atomic E-state index is 12.6. The van der Waals surface area contributed by atoms with Crippen molar-refractivity contribution >= 4 is 45.0 Å². The fourth-order valence-corrected chi connectivity index (χ4v) is 5.20. The molecule has 1 saturated heterocycles. The molecule has 0 saturated carbocycles. The standard InChI is InChI=1S/C18H17Cl2F3N4O3S/c19-13-2-1-3-14(20)17(13)31(29,30)25-9-16(28)26-12-6-7-27(10-12)15-5-4-11(8-24-15)18(21,22)23/h1-5,8,12,25H,6-7,9-10H2,(H,26,28). The van der Waals surface area contributed by atoms with E-state index in [4.69, 9.17) is 23.2 Å². The van der Waals surface area contributed by atoms with E-state index in [0.717, 1.165) is 12.3 Å². The van der Waals surface area contributed by atoms with Gasteiger partial charge in [0.1, 0.15) is 10.7 Å². The molecule has 1 amide bonds. The fraction of sp³-hybridized carbons (Fsp3) is 0.333. The molecule has 3 rings (SSSR count). The van der Waals surface area contributed by atoms with Gasteiger partial charge in [0.05, 0.1) is 22.2 Å². The Labute approximate surface area is 186 Å². The predicted molar refractivity (Wildman–Crippen MR) is 110 cm³/mol. The summed E-state index contributed by atoms with van der Waals surface area (Å²) in [6, 6.07) is 6.13. The van der Waals surface area contributed by atoms with Crippen LogP contribution in [0.15, 0.2) is 41.4 Å². The predicted octanol–water partition coefficient (Wildman–Crippen LogP) is 3.08. The number of alkyl halides is 3. The van der Waals surface area contributed by atoms with Crippen molar-refractivity contribution in [3.8, 4) is 0 Å². The summed E-state index contributed by atoms with van der Waals surface area (Å²) in [5, 5.41) is 2.54. The van der Waals surface area contributed by atoms with Crippen molar-refractivity contribution in [1.82, 2.24) is 15.0 Å². The number of amides is 1. The average Bonchev–Trinajstić information content (AvgIpc) is 3.14. The molecular weight excluding hydrogens is 480 g/mol. The molecule has 1 unspecified atom stereocenters. The smallest absolute Gasteiger partial charge is 0.354 e. The molecule has 2 aromatic rings. The average molecular weight is 497 g/mol. The highest BCUT2D eigenvalue weighted by Crippen LogP contribution is 2.30. The number of benzene rings is 1. The van der Waals surface area contributed by atoms with Crippen LogP contribution in [-0.2, 0) is 21.0 Å². The first kappa shape index (κ1) is 23.6. The lowest BCUT2D eigenvalue weighted by molar-refractivity contribution is -0.137. The van der Waals surface area contributed by atoms with E-state index in [1.807, 2.05) is 0 Å². The van der Waals surface area contributed by atoms with Gasteiger partial charge < -0.3 is 10.2 Å². The van der Waals surface area contributed by atoms with Gasteiger partial charge in [-0.1, -0.05) is 29.3 Å². The molecule has 7 nitrogen and oxygen atoms in total. The number of rotatable bonds is 6. The van der Waals surface area contributed by atoms with Gasteiger partial charge in [-0.15, -0.1) is 0 Å². The van der Waals surface area contributed by atoms with Crippen molar-refractivity contribution in [2.75, 3.05) is 24.5 Å². The Hall–Kier alpha value is -2.08. The third kappa shape index (κ3) is 5.79. The van der Waals surface area contributed by atoms with Crippen LogP contribution < -0.4 is 14.9 Å². The lowest BCUT2D eigenvalue weighted by Gasteiger charge is -2.18. The fourth-order valence-electron chi connectivity index (χ4n) is 3.08. The van der Waals surface area contributed by atoms with E-state index in [-0.39, 0.29) is 21.0 Å². The maximum absolute atomic E-state index is 12.6. The zero-order valence-electron chi connectivity index (χ0n) is 15.8. The molecule has 0 bridgehead atoms.